The first kappa shape index (κ1) is 24.9. The van der Waals surface area contributed by atoms with Crippen LogP contribution < -0.4 is 4.57 Å². The molecule has 2 rings (SSSR count). The van der Waals surface area contributed by atoms with Gasteiger partial charge in [0.1, 0.15) is 0 Å². The van der Waals surface area contributed by atoms with E-state index < -0.39 is 0 Å². The van der Waals surface area contributed by atoms with Gasteiger partial charge in [0.15, 0.2) is 12.2 Å². The maximum atomic E-state index is 9.36. The average molecular weight is 413 g/mol. The van der Waals surface area contributed by atoms with Crippen molar-refractivity contribution < 1.29 is 9.67 Å². The van der Waals surface area contributed by atoms with Crippen LogP contribution in [0.25, 0.3) is 10.9 Å². The third-order valence-corrected chi connectivity index (χ3v) is 6.53. The zero-order valence-corrected chi connectivity index (χ0v) is 19.7. The molecule has 1 aromatic carbocycles. The van der Waals surface area contributed by atoms with Crippen molar-refractivity contribution in [3.05, 3.63) is 42.1 Å². The molecule has 2 heteroatoms. The summed E-state index contributed by atoms with van der Waals surface area (Å²) in [4.78, 5) is 0. The van der Waals surface area contributed by atoms with Crippen LogP contribution in [0.5, 0.6) is 0 Å². The highest BCUT2D eigenvalue weighted by atomic mass is 16.3. The Balaban J connectivity index is 1.53. The largest absolute Gasteiger partial charge is 0.392 e. The summed E-state index contributed by atoms with van der Waals surface area (Å²) in [5.41, 5.74) is 2.26. The van der Waals surface area contributed by atoms with E-state index in [4.69, 9.17) is 0 Å². The Hall–Kier alpha value is -1.41. The summed E-state index contributed by atoms with van der Waals surface area (Å²) in [6.45, 7) is 4.74. The van der Waals surface area contributed by atoms with Crippen molar-refractivity contribution in [1.82, 2.24) is 0 Å². The second-order valence-electron chi connectivity index (χ2n) is 9.20. The van der Waals surface area contributed by atoms with Crippen LogP contribution in [0.3, 0.4) is 0 Å². The third kappa shape index (κ3) is 9.16. The SMILES string of the molecule is CCCCCCCCCCCCCCCCC(C)[n+]1cccc2cc(CO)ccc21. The Kier molecular flexibility index (Phi) is 12.8. The summed E-state index contributed by atoms with van der Waals surface area (Å²) in [6, 6.07) is 11.1. The fraction of sp³-hybridized carbons (Fsp3) is 0.679. The lowest BCUT2D eigenvalue weighted by Crippen LogP contribution is -2.38. The summed E-state index contributed by atoms with van der Waals surface area (Å²) in [6.07, 6.45) is 23.3. The molecule has 0 saturated carbocycles. The molecule has 0 aliphatic rings. The van der Waals surface area contributed by atoms with Gasteiger partial charge >= 0.3 is 0 Å². The van der Waals surface area contributed by atoms with Crippen LogP contribution in [0, 0.1) is 0 Å². The molecule has 0 aliphatic carbocycles. The first-order chi connectivity index (χ1) is 14.8. The van der Waals surface area contributed by atoms with Crippen LogP contribution >= 0.6 is 0 Å². The summed E-state index contributed by atoms with van der Waals surface area (Å²) < 4.78 is 2.40. The molecule has 0 saturated heterocycles. The van der Waals surface area contributed by atoms with Crippen molar-refractivity contribution in [2.45, 2.75) is 123 Å². The standard InChI is InChI=1S/C28H46NO/c1-3-4-5-6-7-8-9-10-11-12-13-14-15-16-18-25(2)29-22-17-19-27-23-26(24-30)20-21-28(27)29/h17,19-23,25,30H,3-16,18,24H2,1-2H3/q+1. The number of nitrogens with zero attached hydrogens (tertiary/aromatic N) is 1. The topological polar surface area (TPSA) is 24.1 Å². The minimum Gasteiger partial charge on any atom is -0.392 e. The lowest BCUT2D eigenvalue weighted by atomic mass is 10.0. The van der Waals surface area contributed by atoms with Crippen molar-refractivity contribution in [1.29, 1.82) is 0 Å². The van der Waals surface area contributed by atoms with Gasteiger partial charge in [-0.05, 0) is 31.0 Å². The van der Waals surface area contributed by atoms with Gasteiger partial charge in [-0.3, -0.25) is 0 Å². The van der Waals surface area contributed by atoms with Crippen LogP contribution in [0.2, 0.25) is 0 Å². The summed E-state index contributed by atoms with van der Waals surface area (Å²) in [5, 5.41) is 10.6. The normalized spacial score (nSPS) is 12.5. The van der Waals surface area contributed by atoms with E-state index >= 15 is 0 Å². The monoisotopic (exact) mass is 412 g/mol. The molecule has 2 aromatic rings. The quantitative estimate of drug-likeness (QED) is 0.206. The predicted octanol–water partition coefficient (Wildman–Crippen LogP) is 8.05. The Bertz CT molecular complexity index is 696. The van der Waals surface area contributed by atoms with Crippen molar-refractivity contribution in [3.8, 4) is 0 Å². The molecular formula is C28H46NO+. The van der Waals surface area contributed by atoms with E-state index in [1.807, 2.05) is 6.07 Å². The minimum atomic E-state index is 0.111. The molecule has 1 N–H and O–H groups in total. The smallest absolute Gasteiger partial charge is 0.212 e. The first-order valence-electron chi connectivity index (χ1n) is 12.8. The lowest BCUT2D eigenvalue weighted by molar-refractivity contribution is -0.695. The van der Waals surface area contributed by atoms with Crippen molar-refractivity contribution >= 4 is 10.9 Å². The molecule has 0 spiro atoms. The van der Waals surface area contributed by atoms with Crippen molar-refractivity contribution in [2.75, 3.05) is 0 Å². The summed E-state index contributed by atoms with van der Waals surface area (Å²) >= 11 is 0. The van der Waals surface area contributed by atoms with Gasteiger partial charge in [0.25, 0.3) is 0 Å². The van der Waals surface area contributed by atoms with Gasteiger partial charge in [-0.2, -0.15) is 4.57 Å². The summed E-state index contributed by atoms with van der Waals surface area (Å²) in [7, 11) is 0. The fourth-order valence-electron chi connectivity index (χ4n) is 4.55. The number of aromatic nitrogens is 1. The zero-order chi connectivity index (χ0) is 21.4. The second-order valence-corrected chi connectivity index (χ2v) is 9.20. The van der Waals surface area contributed by atoms with Gasteiger partial charge in [0, 0.05) is 23.9 Å². The van der Waals surface area contributed by atoms with Crippen LogP contribution in [-0.4, -0.2) is 5.11 Å². The van der Waals surface area contributed by atoms with E-state index in [9.17, 15) is 5.11 Å². The molecule has 0 radical (unpaired) electrons. The number of unbranched alkanes of at least 4 members (excludes halogenated alkanes) is 13. The molecule has 0 aliphatic heterocycles. The number of hydrogen-bond acceptors (Lipinski definition) is 1. The number of pyridine rings is 1. The van der Waals surface area contributed by atoms with E-state index in [1.165, 1.54) is 107 Å². The highest BCUT2D eigenvalue weighted by Gasteiger charge is 2.16. The molecule has 1 atom stereocenters. The molecule has 1 aromatic heterocycles. The van der Waals surface area contributed by atoms with Crippen LogP contribution in [0.1, 0.15) is 122 Å². The number of aliphatic hydroxyl groups excluding tert-OH is 1. The van der Waals surface area contributed by atoms with E-state index in [2.05, 4.69) is 48.9 Å². The molecule has 30 heavy (non-hydrogen) atoms. The number of benzene rings is 1. The van der Waals surface area contributed by atoms with Gasteiger partial charge in [-0.25, -0.2) is 0 Å². The van der Waals surface area contributed by atoms with E-state index in [1.54, 1.807) is 0 Å². The molecule has 168 valence electrons. The molecule has 2 nitrogen and oxygen atoms in total. The number of fused-ring (bicyclic) bond motifs is 1. The molecule has 0 bridgehead atoms. The Labute approximate surface area is 185 Å². The Morgan fingerprint density at radius 3 is 1.90 bits per heavy atom. The lowest BCUT2D eigenvalue weighted by Gasteiger charge is -2.10. The van der Waals surface area contributed by atoms with Gasteiger partial charge in [0.2, 0.25) is 5.52 Å². The first-order valence-corrected chi connectivity index (χ1v) is 12.8. The van der Waals surface area contributed by atoms with E-state index in [0.717, 1.165) is 5.56 Å². The van der Waals surface area contributed by atoms with Crippen molar-refractivity contribution in [2.24, 2.45) is 0 Å². The predicted molar refractivity (Wildman–Crippen MR) is 130 cm³/mol. The van der Waals surface area contributed by atoms with Gasteiger partial charge in [-0.1, -0.05) is 96.5 Å². The van der Waals surface area contributed by atoms with Crippen molar-refractivity contribution in [3.63, 3.8) is 0 Å². The molecule has 0 amide bonds. The Morgan fingerprint density at radius 1 is 0.767 bits per heavy atom. The average Bonchev–Trinajstić information content (AvgIpc) is 2.78. The second kappa shape index (κ2) is 15.4. The number of rotatable bonds is 17. The van der Waals surface area contributed by atoms with Crippen LogP contribution in [0.15, 0.2) is 36.5 Å². The highest BCUT2D eigenvalue weighted by molar-refractivity contribution is 5.76. The third-order valence-electron chi connectivity index (χ3n) is 6.53. The molecule has 1 unspecified atom stereocenters. The minimum absolute atomic E-state index is 0.111. The van der Waals surface area contributed by atoms with Gasteiger partial charge < -0.3 is 5.11 Å². The highest BCUT2D eigenvalue weighted by Crippen LogP contribution is 2.18. The number of aliphatic hydroxyl groups is 1. The van der Waals surface area contributed by atoms with Gasteiger partial charge in [-0.15, -0.1) is 0 Å². The molecule has 1 heterocycles. The Morgan fingerprint density at radius 2 is 1.33 bits per heavy atom. The van der Waals surface area contributed by atoms with Crippen LogP contribution in [0.4, 0.5) is 0 Å². The number of hydrogen-bond donors (Lipinski definition) is 1. The van der Waals surface area contributed by atoms with Crippen LogP contribution in [-0.2, 0) is 6.61 Å². The molecule has 0 fully saturated rings. The summed E-state index contributed by atoms with van der Waals surface area (Å²) in [5.74, 6) is 0. The van der Waals surface area contributed by atoms with Gasteiger partial charge in [0.05, 0.1) is 6.61 Å². The zero-order valence-electron chi connectivity index (χ0n) is 19.7. The molecular weight excluding hydrogens is 366 g/mol. The maximum Gasteiger partial charge on any atom is 0.212 e. The van der Waals surface area contributed by atoms with E-state index in [0.29, 0.717) is 6.04 Å². The van der Waals surface area contributed by atoms with E-state index in [-0.39, 0.29) is 6.61 Å². The maximum absolute atomic E-state index is 9.36. The fourth-order valence-corrected chi connectivity index (χ4v) is 4.55.